The van der Waals surface area contributed by atoms with E-state index in [0.717, 1.165) is 53.6 Å². The van der Waals surface area contributed by atoms with Crippen LogP contribution < -0.4 is 4.90 Å². The zero-order valence-electron chi connectivity index (χ0n) is 15.4. The largest absolute Gasteiger partial charge is 0.377 e. The Hall–Kier alpha value is -2.12. The highest BCUT2D eigenvalue weighted by atomic mass is 32.2. The van der Waals surface area contributed by atoms with Gasteiger partial charge in [0.15, 0.2) is 5.82 Å². The van der Waals surface area contributed by atoms with Gasteiger partial charge in [0.25, 0.3) is 0 Å². The van der Waals surface area contributed by atoms with Gasteiger partial charge in [0.05, 0.1) is 36.7 Å². The molecule has 27 heavy (non-hydrogen) atoms. The molecule has 2 aliphatic heterocycles. The summed E-state index contributed by atoms with van der Waals surface area (Å²) in [5.74, 6) is 2.99. The van der Waals surface area contributed by atoms with Crippen LogP contribution in [0.2, 0.25) is 0 Å². The van der Waals surface area contributed by atoms with Crippen LogP contribution in [0, 0.1) is 0 Å². The van der Waals surface area contributed by atoms with Crippen LogP contribution >= 0.6 is 11.8 Å². The lowest BCUT2D eigenvalue weighted by molar-refractivity contribution is 0.0985. The predicted octanol–water partition coefficient (Wildman–Crippen LogP) is 3.81. The number of anilines is 1. The first-order valence-electron chi connectivity index (χ1n) is 9.56. The van der Waals surface area contributed by atoms with E-state index in [1.165, 1.54) is 18.6 Å². The van der Waals surface area contributed by atoms with Gasteiger partial charge in [0.1, 0.15) is 5.82 Å². The van der Waals surface area contributed by atoms with Crippen LogP contribution in [0.3, 0.4) is 0 Å². The highest BCUT2D eigenvalue weighted by Gasteiger charge is 2.26. The lowest BCUT2D eigenvalue weighted by Gasteiger charge is -2.34. The second-order valence-electron chi connectivity index (χ2n) is 7.22. The number of pyridine rings is 1. The first-order valence-corrected chi connectivity index (χ1v) is 10.6. The third-order valence-corrected chi connectivity index (χ3v) is 6.78. The molecule has 0 aromatic carbocycles. The second kappa shape index (κ2) is 7.13. The number of thioether (sulfide) groups is 1. The fraction of sp³-hybridized carbons (Fsp3) is 0.450. The molecule has 7 heteroatoms. The molecule has 2 saturated heterocycles. The Bertz CT molecular complexity index is 952. The van der Waals surface area contributed by atoms with E-state index in [1.54, 1.807) is 0 Å². The van der Waals surface area contributed by atoms with Crippen molar-refractivity contribution in [3.05, 3.63) is 36.4 Å². The molecule has 140 valence electrons. The molecule has 0 saturated carbocycles. The molecule has 3 aromatic heterocycles. The summed E-state index contributed by atoms with van der Waals surface area (Å²) < 4.78 is 5.62. The number of rotatable bonds is 3. The number of aromatic nitrogens is 4. The number of H-pyrrole nitrogens is 1. The number of morpholine rings is 1. The summed E-state index contributed by atoms with van der Waals surface area (Å²) in [7, 11) is 0. The minimum atomic E-state index is 0.312. The number of fused-ring (bicyclic) bond motifs is 1. The van der Waals surface area contributed by atoms with Crippen molar-refractivity contribution in [1.82, 2.24) is 19.9 Å². The molecule has 0 aliphatic carbocycles. The van der Waals surface area contributed by atoms with Crippen molar-refractivity contribution in [2.24, 2.45) is 0 Å². The van der Waals surface area contributed by atoms with Crippen LogP contribution in [-0.4, -0.2) is 51.5 Å². The van der Waals surface area contributed by atoms with Crippen molar-refractivity contribution < 1.29 is 4.74 Å². The number of nitrogens with one attached hydrogen (secondary N) is 1. The summed E-state index contributed by atoms with van der Waals surface area (Å²) in [5, 5.41) is 1.57. The van der Waals surface area contributed by atoms with Crippen molar-refractivity contribution in [3.8, 4) is 11.4 Å². The minimum Gasteiger partial charge on any atom is -0.377 e. The SMILES string of the molecule is CC1COCCN1c1cc(C2CCCS2)nc(-c2cncc3[nH]ccc23)n1. The van der Waals surface area contributed by atoms with Crippen LogP contribution in [-0.2, 0) is 4.74 Å². The molecular weight excluding hydrogens is 358 g/mol. The van der Waals surface area contributed by atoms with Crippen LogP contribution in [0.1, 0.15) is 30.7 Å². The summed E-state index contributed by atoms with van der Waals surface area (Å²) in [6.07, 6.45) is 8.11. The molecule has 2 aliphatic rings. The van der Waals surface area contributed by atoms with Crippen LogP contribution in [0.25, 0.3) is 22.3 Å². The summed E-state index contributed by atoms with van der Waals surface area (Å²) in [6, 6.07) is 4.58. The Balaban J connectivity index is 1.64. The maximum Gasteiger partial charge on any atom is 0.164 e. The van der Waals surface area contributed by atoms with Crippen molar-refractivity contribution in [2.45, 2.75) is 31.1 Å². The van der Waals surface area contributed by atoms with E-state index in [9.17, 15) is 0 Å². The topological polar surface area (TPSA) is 66.9 Å². The van der Waals surface area contributed by atoms with Gasteiger partial charge in [-0.25, -0.2) is 9.97 Å². The number of hydrogen-bond acceptors (Lipinski definition) is 6. The molecular formula is C20H23N5OS. The molecule has 0 amide bonds. The Labute approximate surface area is 162 Å². The minimum absolute atomic E-state index is 0.312. The van der Waals surface area contributed by atoms with Gasteiger partial charge in [-0.3, -0.25) is 4.98 Å². The van der Waals surface area contributed by atoms with Gasteiger partial charge in [-0.05, 0) is 31.6 Å². The molecule has 6 nitrogen and oxygen atoms in total. The molecule has 2 unspecified atom stereocenters. The molecule has 1 N–H and O–H groups in total. The molecule has 0 bridgehead atoms. The van der Waals surface area contributed by atoms with Gasteiger partial charge in [-0.15, -0.1) is 0 Å². The normalized spacial score (nSPS) is 23.2. The van der Waals surface area contributed by atoms with Crippen molar-refractivity contribution in [1.29, 1.82) is 0 Å². The molecule has 5 rings (SSSR count). The predicted molar refractivity (Wildman–Crippen MR) is 109 cm³/mol. The molecule has 0 radical (unpaired) electrons. The fourth-order valence-corrected chi connectivity index (χ4v) is 5.16. The lowest BCUT2D eigenvalue weighted by Crippen LogP contribution is -2.44. The van der Waals surface area contributed by atoms with Gasteiger partial charge in [-0.1, -0.05) is 0 Å². The Kier molecular flexibility index (Phi) is 4.49. The van der Waals surface area contributed by atoms with Crippen LogP contribution in [0.5, 0.6) is 0 Å². The van der Waals surface area contributed by atoms with E-state index < -0.39 is 0 Å². The third kappa shape index (κ3) is 3.19. The quantitative estimate of drug-likeness (QED) is 0.744. The zero-order valence-corrected chi connectivity index (χ0v) is 16.2. The van der Waals surface area contributed by atoms with E-state index in [2.05, 4.69) is 33.9 Å². The Morgan fingerprint density at radius 3 is 3.11 bits per heavy atom. The van der Waals surface area contributed by atoms with E-state index in [0.29, 0.717) is 11.3 Å². The Morgan fingerprint density at radius 1 is 1.30 bits per heavy atom. The van der Waals surface area contributed by atoms with Crippen LogP contribution in [0.15, 0.2) is 30.7 Å². The number of aromatic amines is 1. The van der Waals surface area contributed by atoms with Gasteiger partial charge < -0.3 is 14.6 Å². The number of ether oxygens (including phenoxy) is 1. The summed E-state index contributed by atoms with van der Waals surface area (Å²) >= 11 is 2.01. The highest BCUT2D eigenvalue weighted by molar-refractivity contribution is 7.99. The average molecular weight is 382 g/mol. The van der Waals surface area contributed by atoms with E-state index in [4.69, 9.17) is 14.7 Å². The molecule has 2 atom stereocenters. The lowest BCUT2D eigenvalue weighted by atomic mass is 10.1. The molecule has 2 fully saturated rings. The smallest absolute Gasteiger partial charge is 0.164 e. The first-order chi connectivity index (χ1) is 13.3. The molecule has 0 spiro atoms. The highest BCUT2D eigenvalue weighted by Crippen LogP contribution is 2.40. The summed E-state index contributed by atoms with van der Waals surface area (Å²) in [5.41, 5.74) is 3.14. The van der Waals surface area contributed by atoms with E-state index in [1.807, 2.05) is 30.4 Å². The molecule has 3 aromatic rings. The van der Waals surface area contributed by atoms with Crippen molar-refractivity contribution >= 4 is 28.5 Å². The molecule has 5 heterocycles. The monoisotopic (exact) mass is 381 g/mol. The maximum atomic E-state index is 5.62. The summed E-state index contributed by atoms with van der Waals surface area (Å²) in [4.78, 5) is 19.9. The fourth-order valence-electron chi connectivity index (χ4n) is 3.92. The maximum absolute atomic E-state index is 5.62. The van der Waals surface area contributed by atoms with Gasteiger partial charge in [0, 0.05) is 41.2 Å². The van der Waals surface area contributed by atoms with E-state index in [-0.39, 0.29) is 0 Å². The summed E-state index contributed by atoms with van der Waals surface area (Å²) in [6.45, 7) is 4.54. The second-order valence-corrected chi connectivity index (χ2v) is 8.53. The Morgan fingerprint density at radius 2 is 2.26 bits per heavy atom. The van der Waals surface area contributed by atoms with Crippen molar-refractivity contribution in [2.75, 3.05) is 30.4 Å². The zero-order chi connectivity index (χ0) is 18.2. The van der Waals surface area contributed by atoms with Crippen molar-refractivity contribution in [3.63, 3.8) is 0 Å². The van der Waals surface area contributed by atoms with Gasteiger partial charge in [0.2, 0.25) is 0 Å². The van der Waals surface area contributed by atoms with Gasteiger partial charge >= 0.3 is 0 Å². The number of hydrogen-bond donors (Lipinski definition) is 1. The van der Waals surface area contributed by atoms with E-state index >= 15 is 0 Å². The standard InChI is InChI=1S/C20H23N5OS/c1-13-12-26-7-6-25(13)19-9-16(18-3-2-8-27-18)23-20(24-19)15-10-21-11-17-14(15)4-5-22-17/h4-5,9-11,13,18,22H,2-3,6-8,12H2,1H3. The first kappa shape index (κ1) is 17.0. The third-order valence-electron chi connectivity index (χ3n) is 5.37. The average Bonchev–Trinajstić information content (AvgIpc) is 3.39. The van der Waals surface area contributed by atoms with Crippen LogP contribution in [0.4, 0.5) is 5.82 Å². The van der Waals surface area contributed by atoms with Gasteiger partial charge in [-0.2, -0.15) is 11.8 Å². The number of nitrogens with zero attached hydrogens (tertiary/aromatic N) is 4.